The molecule has 4 aromatic rings. The maximum atomic E-state index is 13.0. The van der Waals surface area contributed by atoms with E-state index in [1.807, 2.05) is 48.5 Å². The monoisotopic (exact) mass is 381 g/mol. The van der Waals surface area contributed by atoms with Gasteiger partial charge in [0.15, 0.2) is 5.69 Å². The molecule has 0 bridgehead atoms. The van der Waals surface area contributed by atoms with Crippen molar-refractivity contribution in [2.45, 2.75) is 0 Å². The van der Waals surface area contributed by atoms with Crippen LogP contribution in [0.2, 0.25) is 0 Å². The first-order chi connectivity index (χ1) is 14.2. The van der Waals surface area contributed by atoms with Gasteiger partial charge in [0.05, 0.1) is 12.8 Å². The lowest BCUT2D eigenvalue weighted by molar-refractivity contribution is 0.0972. The van der Waals surface area contributed by atoms with E-state index in [9.17, 15) is 9.59 Å². The van der Waals surface area contributed by atoms with Gasteiger partial charge in [-0.2, -0.15) is 0 Å². The third-order valence-electron chi connectivity index (χ3n) is 5.03. The molecule has 0 radical (unpaired) electrons. The summed E-state index contributed by atoms with van der Waals surface area (Å²) in [7, 11) is 1.63. The number of benzene rings is 3. The molecule has 0 N–H and O–H groups in total. The van der Waals surface area contributed by atoms with E-state index in [1.54, 1.807) is 31.4 Å². The van der Waals surface area contributed by atoms with Crippen LogP contribution in [0.5, 0.6) is 5.75 Å². The van der Waals surface area contributed by atoms with E-state index in [0.29, 0.717) is 16.8 Å². The molecule has 1 aromatic heterocycles. The standard InChI is InChI=1S/C23H15N3O3/c1-29-17-6-4-5-15(13-17)14-9-11-16(12-10-14)26-21-20(24-25-26)22(27)18-7-2-3-8-19(18)23(21)28/h2-13H,1H3. The maximum absolute atomic E-state index is 13.0. The van der Waals surface area contributed by atoms with Gasteiger partial charge < -0.3 is 4.74 Å². The van der Waals surface area contributed by atoms with Crippen molar-refractivity contribution in [2.24, 2.45) is 0 Å². The molecule has 0 amide bonds. The van der Waals surface area contributed by atoms with Gasteiger partial charge >= 0.3 is 0 Å². The van der Waals surface area contributed by atoms with Gasteiger partial charge in [-0.1, -0.05) is 53.7 Å². The van der Waals surface area contributed by atoms with Crippen LogP contribution in [0.25, 0.3) is 16.8 Å². The minimum absolute atomic E-state index is 0.0885. The van der Waals surface area contributed by atoms with Crippen LogP contribution in [0, 0.1) is 0 Å². The molecule has 0 spiro atoms. The zero-order valence-electron chi connectivity index (χ0n) is 15.5. The van der Waals surface area contributed by atoms with Crippen LogP contribution in [0.3, 0.4) is 0 Å². The van der Waals surface area contributed by atoms with E-state index in [0.717, 1.165) is 16.9 Å². The Kier molecular flexibility index (Phi) is 3.84. The third-order valence-corrected chi connectivity index (χ3v) is 5.03. The Bertz CT molecular complexity index is 1270. The van der Waals surface area contributed by atoms with Gasteiger partial charge in [-0.3, -0.25) is 9.59 Å². The number of ketones is 2. The van der Waals surface area contributed by atoms with Gasteiger partial charge in [0.2, 0.25) is 11.6 Å². The van der Waals surface area contributed by atoms with Gasteiger partial charge in [-0.15, -0.1) is 5.10 Å². The molecule has 1 heterocycles. The molecule has 6 heteroatoms. The highest BCUT2D eigenvalue weighted by Gasteiger charge is 2.35. The number of rotatable bonds is 3. The quantitative estimate of drug-likeness (QED) is 0.476. The summed E-state index contributed by atoms with van der Waals surface area (Å²) in [4.78, 5) is 25.7. The normalized spacial score (nSPS) is 12.4. The average Bonchev–Trinajstić information content (AvgIpc) is 3.23. The molecule has 0 atom stereocenters. The van der Waals surface area contributed by atoms with Crippen LogP contribution < -0.4 is 4.74 Å². The predicted molar refractivity (Wildman–Crippen MR) is 107 cm³/mol. The number of methoxy groups -OCH3 is 1. The van der Waals surface area contributed by atoms with E-state index < -0.39 is 0 Å². The first kappa shape index (κ1) is 17.1. The van der Waals surface area contributed by atoms with E-state index in [2.05, 4.69) is 10.3 Å². The number of nitrogens with zero attached hydrogens (tertiary/aromatic N) is 3. The lowest BCUT2D eigenvalue weighted by atomic mass is 9.90. The lowest BCUT2D eigenvalue weighted by Gasteiger charge is -2.14. The molecular formula is C23H15N3O3. The summed E-state index contributed by atoms with van der Waals surface area (Å²) in [6, 6.07) is 22.1. The van der Waals surface area contributed by atoms with Crippen LogP contribution in [0.15, 0.2) is 72.8 Å². The molecule has 1 aliphatic rings. The lowest BCUT2D eigenvalue weighted by Crippen LogP contribution is -2.22. The molecule has 6 nitrogen and oxygen atoms in total. The highest BCUT2D eigenvalue weighted by atomic mass is 16.5. The minimum atomic E-state index is -0.283. The Morgan fingerprint density at radius 1 is 0.793 bits per heavy atom. The second-order valence-corrected chi connectivity index (χ2v) is 6.68. The number of aromatic nitrogens is 3. The molecule has 140 valence electrons. The van der Waals surface area contributed by atoms with Crippen molar-refractivity contribution >= 4 is 11.6 Å². The van der Waals surface area contributed by atoms with E-state index in [-0.39, 0.29) is 23.0 Å². The van der Waals surface area contributed by atoms with Gasteiger partial charge in [-0.05, 0) is 35.4 Å². The Hall–Kier alpha value is -4.06. The topological polar surface area (TPSA) is 74.1 Å². The number of carbonyl (C=O) groups excluding carboxylic acids is 2. The third kappa shape index (κ3) is 2.65. The van der Waals surface area contributed by atoms with Crippen LogP contribution >= 0.6 is 0 Å². The Labute approximate surface area is 166 Å². The van der Waals surface area contributed by atoms with Crippen molar-refractivity contribution in [3.05, 3.63) is 95.3 Å². The first-order valence-corrected chi connectivity index (χ1v) is 9.06. The minimum Gasteiger partial charge on any atom is -0.497 e. The number of hydrogen-bond donors (Lipinski definition) is 0. The number of carbonyl (C=O) groups is 2. The maximum Gasteiger partial charge on any atom is 0.216 e. The fraction of sp³-hybridized carbons (Fsp3) is 0.0435. The molecule has 29 heavy (non-hydrogen) atoms. The number of fused-ring (bicyclic) bond motifs is 2. The number of ether oxygens (including phenoxy) is 1. The summed E-state index contributed by atoms with van der Waals surface area (Å²) in [5, 5.41) is 8.08. The van der Waals surface area contributed by atoms with Crippen molar-refractivity contribution in [3.8, 4) is 22.6 Å². The number of hydrogen-bond acceptors (Lipinski definition) is 5. The van der Waals surface area contributed by atoms with Crippen molar-refractivity contribution in [3.63, 3.8) is 0 Å². The molecule has 5 rings (SSSR count). The SMILES string of the molecule is COc1cccc(-c2ccc(-n3nnc4c3C(=O)c3ccccc3C4=O)cc2)c1. The molecule has 0 fully saturated rings. The average molecular weight is 381 g/mol. The Morgan fingerprint density at radius 3 is 2.24 bits per heavy atom. The summed E-state index contributed by atoms with van der Waals surface area (Å²) in [5.74, 6) is 0.242. The molecule has 0 saturated heterocycles. The molecule has 0 saturated carbocycles. The predicted octanol–water partition coefficient (Wildman–Crippen LogP) is 3.72. The van der Waals surface area contributed by atoms with E-state index in [1.165, 1.54) is 4.68 Å². The summed E-state index contributed by atoms with van der Waals surface area (Å²) < 4.78 is 6.71. The molecular weight excluding hydrogens is 366 g/mol. The largest absolute Gasteiger partial charge is 0.497 e. The fourth-order valence-electron chi connectivity index (χ4n) is 3.55. The zero-order valence-corrected chi connectivity index (χ0v) is 15.5. The van der Waals surface area contributed by atoms with E-state index in [4.69, 9.17) is 4.74 Å². The Balaban J connectivity index is 1.56. The van der Waals surface area contributed by atoms with Crippen LogP contribution in [0.4, 0.5) is 0 Å². The highest BCUT2D eigenvalue weighted by Crippen LogP contribution is 2.29. The van der Waals surface area contributed by atoms with Crippen molar-refractivity contribution < 1.29 is 14.3 Å². The smallest absolute Gasteiger partial charge is 0.216 e. The summed E-state index contributed by atoms with van der Waals surface area (Å²) in [6.45, 7) is 0. The Morgan fingerprint density at radius 2 is 1.52 bits per heavy atom. The first-order valence-electron chi connectivity index (χ1n) is 9.06. The van der Waals surface area contributed by atoms with E-state index >= 15 is 0 Å². The second-order valence-electron chi connectivity index (χ2n) is 6.68. The summed E-state index contributed by atoms with van der Waals surface area (Å²) in [6.07, 6.45) is 0. The summed E-state index contributed by atoms with van der Waals surface area (Å²) in [5.41, 5.74) is 3.69. The van der Waals surface area contributed by atoms with Crippen LogP contribution in [0.1, 0.15) is 32.1 Å². The van der Waals surface area contributed by atoms with Gasteiger partial charge in [0, 0.05) is 11.1 Å². The van der Waals surface area contributed by atoms with Crippen molar-refractivity contribution in [1.29, 1.82) is 0 Å². The summed E-state index contributed by atoms with van der Waals surface area (Å²) >= 11 is 0. The van der Waals surface area contributed by atoms with Gasteiger partial charge in [0.25, 0.3) is 0 Å². The van der Waals surface area contributed by atoms with Crippen molar-refractivity contribution in [1.82, 2.24) is 15.0 Å². The van der Waals surface area contributed by atoms with Crippen LogP contribution in [-0.2, 0) is 0 Å². The molecule has 3 aromatic carbocycles. The van der Waals surface area contributed by atoms with Crippen LogP contribution in [-0.4, -0.2) is 33.7 Å². The van der Waals surface area contributed by atoms with Crippen molar-refractivity contribution in [2.75, 3.05) is 7.11 Å². The molecule has 0 aliphatic heterocycles. The highest BCUT2D eigenvalue weighted by molar-refractivity contribution is 6.27. The second kappa shape index (κ2) is 6.53. The molecule has 1 aliphatic carbocycles. The zero-order chi connectivity index (χ0) is 20.0. The molecule has 0 unspecified atom stereocenters. The van der Waals surface area contributed by atoms with Gasteiger partial charge in [-0.25, -0.2) is 4.68 Å². The van der Waals surface area contributed by atoms with Gasteiger partial charge in [0.1, 0.15) is 11.4 Å². The fourth-order valence-corrected chi connectivity index (χ4v) is 3.55.